The molecule has 0 aliphatic carbocycles. The van der Waals surface area contributed by atoms with Crippen LogP contribution >= 0.6 is 0 Å². The van der Waals surface area contributed by atoms with Crippen LogP contribution in [0.5, 0.6) is 0 Å². The van der Waals surface area contributed by atoms with Crippen molar-refractivity contribution in [1.29, 1.82) is 0 Å². The standard InChI is InChI=1S/C19H32O8/c1-13(15(22)23)11-19(3,17(25)27-5)12-18(2,16(24)26-4)10-8-6-7-9-14(20)21/h13H,6-12H2,1-5H3,(H,20,21)(H,22,23). The summed E-state index contributed by atoms with van der Waals surface area (Å²) in [5.41, 5.74) is -2.18. The van der Waals surface area contributed by atoms with Gasteiger partial charge in [0.05, 0.1) is 31.0 Å². The molecule has 0 aromatic heterocycles. The van der Waals surface area contributed by atoms with Crippen LogP contribution in [0.25, 0.3) is 0 Å². The molecule has 0 aromatic rings. The highest BCUT2D eigenvalue weighted by Crippen LogP contribution is 2.43. The molecule has 0 spiro atoms. The molecule has 0 fully saturated rings. The minimum absolute atomic E-state index is 0.0284. The minimum Gasteiger partial charge on any atom is -0.481 e. The maximum atomic E-state index is 12.4. The number of carboxylic acid groups (broad SMARTS) is 2. The summed E-state index contributed by atoms with van der Waals surface area (Å²) < 4.78 is 9.80. The molecule has 0 amide bonds. The molecule has 156 valence electrons. The lowest BCUT2D eigenvalue weighted by Crippen LogP contribution is -2.41. The fourth-order valence-corrected chi connectivity index (χ4v) is 3.58. The highest BCUT2D eigenvalue weighted by Gasteiger charge is 2.47. The molecule has 3 atom stereocenters. The molecule has 0 aliphatic heterocycles. The Morgan fingerprint density at radius 1 is 0.889 bits per heavy atom. The predicted octanol–water partition coefficient (Wildman–Crippen LogP) is 2.88. The third-order valence-electron chi connectivity index (χ3n) is 4.93. The quantitative estimate of drug-likeness (QED) is 0.364. The second-order valence-corrected chi connectivity index (χ2v) is 7.68. The SMILES string of the molecule is COC(=O)C(C)(CCCCCC(=O)O)CC(C)(CC(C)C(=O)O)C(=O)OC. The Balaban J connectivity index is 5.37. The first-order valence-corrected chi connectivity index (χ1v) is 9.03. The molecule has 0 aliphatic rings. The Morgan fingerprint density at radius 3 is 1.85 bits per heavy atom. The maximum absolute atomic E-state index is 12.4. The van der Waals surface area contributed by atoms with E-state index in [1.165, 1.54) is 21.1 Å². The van der Waals surface area contributed by atoms with Gasteiger partial charge in [0, 0.05) is 6.42 Å². The van der Waals surface area contributed by atoms with Crippen LogP contribution in [-0.4, -0.2) is 48.3 Å². The van der Waals surface area contributed by atoms with Crippen LogP contribution in [0.4, 0.5) is 0 Å². The summed E-state index contributed by atoms with van der Waals surface area (Å²) in [6, 6.07) is 0. The van der Waals surface area contributed by atoms with Crippen LogP contribution in [0.15, 0.2) is 0 Å². The zero-order chi connectivity index (χ0) is 21.3. The molecule has 27 heavy (non-hydrogen) atoms. The first-order valence-electron chi connectivity index (χ1n) is 9.03. The van der Waals surface area contributed by atoms with Crippen LogP contribution in [-0.2, 0) is 28.7 Å². The molecule has 0 saturated carbocycles. The zero-order valence-corrected chi connectivity index (χ0v) is 16.9. The zero-order valence-electron chi connectivity index (χ0n) is 16.9. The van der Waals surface area contributed by atoms with Gasteiger partial charge in [0.1, 0.15) is 0 Å². The lowest BCUT2D eigenvalue weighted by Gasteiger charge is -2.37. The average Bonchev–Trinajstić information content (AvgIpc) is 2.59. The van der Waals surface area contributed by atoms with E-state index in [0.717, 1.165) is 0 Å². The minimum atomic E-state index is -1.17. The number of hydrogen-bond acceptors (Lipinski definition) is 6. The van der Waals surface area contributed by atoms with E-state index in [0.29, 0.717) is 25.7 Å². The van der Waals surface area contributed by atoms with Crippen molar-refractivity contribution in [2.45, 2.75) is 65.7 Å². The van der Waals surface area contributed by atoms with Crippen LogP contribution in [0, 0.1) is 16.7 Å². The van der Waals surface area contributed by atoms with Gasteiger partial charge in [0.2, 0.25) is 0 Å². The summed E-state index contributed by atoms with van der Waals surface area (Å²) in [7, 11) is 2.49. The Kier molecular flexibility index (Phi) is 10.0. The Labute approximate surface area is 160 Å². The summed E-state index contributed by atoms with van der Waals surface area (Å²) in [6.45, 7) is 4.79. The Bertz CT molecular complexity index is 544. The number of hydrogen-bond donors (Lipinski definition) is 2. The Morgan fingerprint density at radius 2 is 1.41 bits per heavy atom. The number of esters is 2. The third-order valence-corrected chi connectivity index (χ3v) is 4.93. The van der Waals surface area contributed by atoms with Crippen molar-refractivity contribution in [3.63, 3.8) is 0 Å². The van der Waals surface area contributed by atoms with Gasteiger partial charge >= 0.3 is 23.9 Å². The molecule has 8 heteroatoms. The fourth-order valence-electron chi connectivity index (χ4n) is 3.58. The van der Waals surface area contributed by atoms with Gasteiger partial charge in [-0.05, 0) is 39.5 Å². The molecule has 0 radical (unpaired) electrons. The number of rotatable bonds is 13. The summed E-state index contributed by atoms with van der Waals surface area (Å²) >= 11 is 0. The number of carbonyl (C=O) groups excluding carboxylic acids is 2. The van der Waals surface area contributed by atoms with Crippen LogP contribution in [0.1, 0.15) is 65.7 Å². The van der Waals surface area contributed by atoms with Gasteiger partial charge in [0.15, 0.2) is 0 Å². The van der Waals surface area contributed by atoms with Gasteiger partial charge in [0.25, 0.3) is 0 Å². The van der Waals surface area contributed by atoms with Gasteiger partial charge in [-0.1, -0.05) is 19.8 Å². The van der Waals surface area contributed by atoms with Crippen molar-refractivity contribution in [1.82, 2.24) is 0 Å². The molecule has 8 nitrogen and oxygen atoms in total. The topological polar surface area (TPSA) is 127 Å². The van der Waals surface area contributed by atoms with Crippen molar-refractivity contribution in [2.75, 3.05) is 14.2 Å². The fraction of sp³-hybridized carbons (Fsp3) is 0.789. The number of carboxylic acids is 2. The molecule has 2 N–H and O–H groups in total. The highest BCUT2D eigenvalue weighted by atomic mass is 16.5. The molecular weight excluding hydrogens is 356 g/mol. The molecule has 0 aromatic carbocycles. The number of aliphatic carboxylic acids is 2. The van der Waals surface area contributed by atoms with E-state index >= 15 is 0 Å². The van der Waals surface area contributed by atoms with Crippen molar-refractivity contribution in [2.24, 2.45) is 16.7 Å². The molecule has 0 saturated heterocycles. The summed E-state index contributed by atoms with van der Waals surface area (Å²) in [6.07, 6.45) is 2.27. The highest BCUT2D eigenvalue weighted by molar-refractivity contribution is 5.81. The lowest BCUT2D eigenvalue weighted by molar-refractivity contribution is -0.162. The average molecular weight is 388 g/mol. The molecule has 0 bridgehead atoms. The van der Waals surface area contributed by atoms with Crippen LogP contribution in [0.2, 0.25) is 0 Å². The normalized spacial score (nSPS) is 16.5. The monoisotopic (exact) mass is 388 g/mol. The number of ether oxygens (including phenoxy) is 2. The van der Waals surface area contributed by atoms with Crippen LogP contribution < -0.4 is 0 Å². The van der Waals surface area contributed by atoms with Gasteiger partial charge in [-0.15, -0.1) is 0 Å². The maximum Gasteiger partial charge on any atom is 0.311 e. The van der Waals surface area contributed by atoms with E-state index in [1.54, 1.807) is 13.8 Å². The van der Waals surface area contributed by atoms with Crippen molar-refractivity contribution >= 4 is 23.9 Å². The molecule has 0 heterocycles. The van der Waals surface area contributed by atoms with Crippen molar-refractivity contribution in [3.8, 4) is 0 Å². The van der Waals surface area contributed by atoms with E-state index in [1.807, 2.05) is 0 Å². The predicted molar refractivity (Wildman–Crippen MR) is 97.0 cm³/mol. The second kappa shape index (κ2) is 10.9. The van der Waals surface area contributed by atoms with Crippen molar-refractivity contribution < 1.29 is 38.9 Å². The van der Waals surface area contributed by atoms with E-state index in [4.69, 9.17) is 14.6 Å². The molecular formula is C19H32O8. The first kappa shape index (κ1) is 24.9. The Hall–Kier alpha value is -2.12. The largest absolute Gasteiger partial charge is 0.481 e. The first-order chi connectivity index (χ1) is 12.4. The van der Waals surface area contributed by atoms with Gasteiger partial charge in [-0.25, -0.2) is 0 Å². The number of unbranched alkanes of at least 4 members (excludes halogenated alkanes) is 2. The summed E-state index contributed by atoms with van der Waals surface area (Å²) in [5.74, 6) is -3.74. The van der Waals surface area contributed by atoms with Crippen LogP contribution in [0.3, 0.4) is 0 Å². The second-order valence-electron chi connectivity index (χ2n) is 7.68. The smallest absolute Gasteiger partial charge is 0.311 e. The molecule has 3 unspecified atom stereocenters. The van der Waals surface area contributed by atoms with Gasteiger partial charge < -0.3 is 19.7 Å². The van der Waals surface area contributed by atoms with E-state index in [-0.39, 0.29) is 19.3 Å². The van der Waals surface area contributed by atoms with Gasteiger partial charge in [-0.3, -0.25) is 19.2 Å². The van der Waals surface area contributed by atoms with Gasteiger partial charge in [-0.2, -0.15) is 0 Å². The molecule has 0 rings (SSSR count). The summed E-state index contributed by atoms with van der Waals surface area (Å²) in [4.78, 5) is 46.7. The van der Waals surface area contributed by atoms with E-state index in [2.05, 4.69) is 0 Å². The summed E-state index contributed by atoms with van der Waals surface area (Å²) in [5, 5.41) is 17.9. The number of methoxy groups -OCH3 is 2. The van der Waals surface area contributed by atoms with Crippen molar-refractivity contribution in [3.05, 3.63) is 0 Å². The van der Waals surface area contributed by atoms with E-state index < -0.39 is 40.6 Å². The number of carbonyl (C=O) groups is 4. The van der Waals surface area contributed by atoms with E-state index in [9.17, 15) is 24.3 Å². The third kappa shape index (κ3) is 7.97. The lowest BCUT2D eigenvalue weighted by atomic mass is 9.67.